The number of esters is 2. The van der Waals surface area contributed by atoms with E-state index in [1.807, 2.05) is 53.1 Å². The molecule has 4 aromatic rings. The molecule has 0 spiro atoms. The van der Waals surface area contributed by atoms with Gasteiger partial charge in [0, 0.05) is 75.5 Å². The molecule has 59 heavy (non-hydrogen) atoms. The second-order valence-electron chi connectivity index (χ2n) is 16.5. The summed E-state index contributed by atoms with van der Waals surface area (Å²) in [5.41, 5.74) is 3.95. The third-order valence-corrected chi connectivity index (χ3v) is 12.7. The lowest BCUT2D eigenvalue weighted by molar-refractivity contribution is -0.148. The number of nitrogens with zero attached hydrogens (tertiary/aromatic N) is 7. The Balaban J connectivity index is 1.06. The number of pyridine rings is 1. The first kappa shape index (κ1) is 42.1. The van der Waals surface area contributed by atoms with Crippen molar-refractivity contribution in [3.8, 4) is 0 Å². The molecule has 0 N–H and O–H groups in total. The van der Waals surface area contributed by atoms with Crippen molar-refractivity contribution in [1.29, 1.82) is 0 Å². The number of aromatic nitrogens is 3. The van der Waals surface area contributed by atoms with Crippen molar-refractivity contribution in [3.63, 3.8) is 0 Å². The molecule has 2 aromatic carbocycles. The van der Waals surface area contributed by atoms with Crippen molar-refractivity contribution < 1.29 is 28.7 Å². The average molecular weight is 810 g/mol. The highest BCUT2D eigenvalue weighted by Crippen LogP contribution is 2.30. The van der Waals surface area contributed by atoms with Crippen LogP contribution in [0.25, 0.3) is 21.8 Å². The van der Waals surface area contributed by atoms with E-state index in [1.165, 1.54) is 4.57 Å². The number of piperazine rings is 1. The molecule has 3 saturated heterocycles. The Hall–Kier alpha value is -5.08. The van der Waals surface area contributed by atoms with Gasteiger partial charge in [0.15, 0.2) is 13.5 Å². The Morgan fingerprint density at radius 2 is 1.47 bits per heavy atom. The number of hydrogen-bond acceptors (Lipinski definition) is 10. The second kappa shape index (κ2) is 18.9. The molecule has 0 aliphatic carbocycles. The molecule has 1 atom stereocenters. The second-order valence-corrected chi connectivity index (χ2v) is 16.5. The van der Waals surface area contributed by atoms with Gasteiger partial charge >= 0.3 is 11.9 Å². The fraction of sp³-hybridized carbons (Fsp3) is 0.556. The highest BCUT2D eigenvalue weighted by atomic mass is 16.5. The van der Waals surface area contributed by atoms with Gasteiger partial charge in [0.2, 0.25) is 11.8 Å². The van der Waals surface area contributed by atoms with E-state index in [0.717, 1.165) is 66.4 Å². The van der Waals surface area contributed by atoms with Gasteiger partial charge in [0.05, 0.1) is 23.1 Å². The van der Waals surface area contributed by atoms with Gasteiger partial charge in [-0.1, -0.05) is 38.1 Å². The molecule has 14 nitrogen and oxygen atoms in total. The first-order chi connectivity index (χ1) is 28.5. The van der Waals surface area contributed by atoms with Crippen LogP contribution in [0.4, 0.5) is 0 Å². The summed E-state index contributed by atoms with van der Waals surface area (Å²) in [6.07, 6.45) is 6.26. The van der Waals surface area contributed by atoms with E-state index in [1.54, 1.807) is 24.7 Å². The lowest BCUT2D eigenvalue weighted by Crippen LogP contribution is -2.55. The number of carbonyl (C=O) groups excluding carboxylic acids is 4. The van der Waals surface area contributed by atoms with E-state index in [-0.39, 0.29) is 68.0 Å². The summed E-state index contributed by atoms with van der Waals surface area (Å²) in [5.74, 6) is -1.33. The van der Waals surface area contributed by atoms with Crippen LogP contribution in [-0.4, -0.2) is 123 Å². The van der Waals surface area contributed by atoms with Crippen molar-refractivity contribution >= 4 is 45.6 Å². The van der Waals surface area contributed by atoms with Crippen LogP contribution in [0.1, 0.15) is 81.4 Å². The third kappa shape index (κ3) is 9.70. The third-order valence-electron chi connectivity index (χ3n) is 12.7. The number of carbonyl (C=O) groups is 4. The normalized spacial score (nSPS) is 18.0. The summed E-state index contributed by atoms with van der Waals surface area (Å²) in [4.78, 5) is 75.1. The summed E-state index contributed by atoms with van der Waals surface area (Å²) in [5, 5.41) is 6.25. The predicted molar refractivity (Wildman–Crippen MR) is 224 cm³/mol. The van der Waals surface area contributed by atoms with Gasteiger partial charge in [-0.05, 0) is 99.8 Å². The number of fused-ring (bicyclic) bond motifs is 2. The fourth-order valence-corrected chi connectivity index (χ4v) is 9.22. The molecule has 0 radical (unpaired) electrons. The van der Waals surface area contributed by atoms with E-state index in [2.05, 4.69) is 28.0 Å². The molecular weight excluding hydrogens is 751 g/mol. The Morgan fingerprint density at radius 1 is 0.797 bits per heavy atom. The number of aryl methyl sites for hydroxylation is 1. The molecule has 5 heterocycles. The number of hydrogen-bond donors (Lipinski definition) is 0. The molecule has 0 saturated carbocycles. The molecule has 2 aromatic heterocycles. The van der Waals surface area contributed by atoms with E-state index < -0.39 is 5.92 Å². The van der Waals surface area contributed by atoms with Crippen LogP contribution in [-0.2, 0) is 48.5 Å². The summed E-state index contributed by atoms with van der Waals surface area (Å²) in [6.45, 7) is 11.4. The lowest BCUT2D eigenvalue weighted by Gasteiger charge is -2.43. The van der Waals surface area contributed by atoms with E-state index >= 15 is 0 Å². The molecule has 3 fully saturated rings. The van der Waals surface area contributed by atoms with Crippen LogP contribution in [0, 0.1) is 12.8 Å². The number of para-hydroxylation sites is 1. The van der Waals surface area contributed by atoms with Crippen molar-refractivity contribution in [2.24, 2.45) is 5.92 Å². The SMILES string of the molecule is CCC(=O)OCn1ncc2cc(C[C@@H](CC(=O)N3CCC(c4cc5ccccc5n(COC(=O)CC)c4=O)CC3)C(=O)N3CCN(C4CCN(C)CC4)CC3)cc(C)c21. The molecule has 0 unspecified atom stereocenters. The molecular formula is C45H59N7O7. The van der Waals surface area contributed by atoms with Crippen molar-refractivity contribution in [2.75, 3.05) is 59.4 Å². The molecule has 2 amide bonds. The quantitative estimate of drug-likeness (QED) is 0.175. The first-order valence-corrected chi connectivity index (χ1v) is 21.4. The van der Waals surface area contributed by atoms with Gasteiger partial charge in [-0.3, -0.25) is 33.4 Å². The van der Waals surface area contributed by atoms with Gasteiger partial charge in [0.1, 0.15) is 0 Å². The highest BCUT2D eigenvalue weighted by Gasteiger charge is 2.34. The van der Waals surface area contributed by atoms with Crippen LogP contribution >= 0.6 is 0 Å². The molecule has 3 aliphatic heterocycles. The molecule has 14 heteroatoms. The molecule has 3 aliphatic rings. The van der Waals surface area contributed by atoms with Crippen molar-refractivity contribution in [3.05, 3.63) is 75.7 Å². The number of amides is 2. The van der Waals surface area contributed by atoms with Crippen molar-refractivity contribution in [1.82, 2.24) is 33.9 Å². The largest absolute Gasteiger partial charge is 0.444 e. The zero-order valence-corrected chi connectivity index (χ0v) is 35.1. The van der Waals surface area contributed by atoms with Crippen LogP contribution < -0.4 is 5.56 Å². The van der Waals surface area contributed by atoms with Gasteiger partial charge < -0.3 is 24.2 Å². The highest BCUT2D eigenvalue weighted by molar-refractivity contribution is 5.87. The lowest BCUT2D eigenvalue weighted by atomic mass is 9.88. The van der Waals surface area contributed by atoms with Crippen LogP contribution in [0.5, 0.6) is 0 Å². The maximum atomic E-state index is 14.5. The molecule has 0 bridgehead atoms. The van der Waals surface area contributed by atoms with Crippen LogP contribution in [0.15, 0.2) is 53.5 Å². The van der Waals surface area contributed by atoms with Crippen molar-refractivity contribution in [2.45, 2.75) is 97.6 Å². The minimum atomic E-state index is -0.550. The van der Waals surface area contributed by atoms with E-state index in [4.69, 9.17) is 9.47 Å². The Kier molecular flexibility index (Phi) is 13.5. The summed E-state index contributed by atoms with van der Waals surface area (Å²) >= 11 is 0. The zero-order chi connectivity index (χ0) is 41.6. The standard InChI is InChI=1S/C45H59N7O7/c1-5-41(54)58-29-51-39-10-8-7-9-34(39)26-38(45(51)57)33-11-17-49(18-12-33)40(53)27-35(44(56)50-21-19-48(20-22-50)37-13-15-47(4)16-14-37)24-32-23-31(3)43-36(25-32)28-46-52(43)30-59-42(55)6-2/h7-10,23,25-26,28,33,35,37H,5-6,11-22,24,27,29-30H2,1-4H3/t35-/m0/s1. The monoisotopic (exact) mass is 809 g/mol. The Labute approximate surface area is 346 Å². The number of likely N-dealkylation sites (tertiary alicyclic amines) is 2. The molecule has 316 valence electrons. The number of ether oxygens (including phenoxy) is 2. The number of rotatable bonds is 13. The number of benzene rings is 2. The fourth-order valence-electron chi connectivity index (χ4n) is 9.22. The minimum Gasteiger partial charge on any atom is -0.444 e. The van der Waals surface area contributed by atoms with E-state index in [0.29, 0.717) is 62.6 Å². The minimum absolute atomic E-state index is 0.0108. The molecule has 7 rings (SSSR count). The first-order valence-electron chi connectivity index (χ1n) is 21.4. The van der Waals surface area contributed by atoms with Gasteiger partial charge in [-0.25, -0.2) is 4.68 Å². The Bertz CT molecular complexity index is 2210. The summed E-state index contributed by atoms with van der Waals surface area (Å²) in [7, 11) is 2.17. The summed E-state index contributed by atoms with van der Waals surface area (Å²) < 4.78 is 14.0. The smallest absolute Gasteiger partial charge is 0.307 e. The topological polar surface area (TPSA) is 140 Å². The zero-order valence-electron chi connectivity index (χ0n) is 35.1. The predicted octanol–water partition coefficient (Wildman–Crippen LogP) is 4.67. The van der Waals surface area contributed by atoms with Crippen LogP contribution in [0.3, 0.4) is 0 Å². The maximum Gasteiger partial charge on any atom is 0.307 e. The van der Waals surface area contributed by atoms with E-state index in [9.17, 15) is 24.0 Å². The average Bonchev–Trinajstić information content (AvgIpc) is 3.68. The van der Waals surface area contributed by atoms with Gasteiger partial charge in [-0.15, -0.1) is 0 Å². The summed E-state index contributed by atoms with van der Waals surface area (Å²) in [6, 6.07) is 14.2. The maximum absolute atomic E-state index is 14.5. The van der Waals surface area contributed by atoms with Gasteiger partial charge in [0.25, 0.3) is 5.56 Å². The number of piperidine rings is 2. The van der Waals surface area contributed by atoms with Gasteiger partial charge in [-0.2, -0.15) is 5.10 Å². The Morgan fingerprint density at radius 3 is 2.17 bits per heavy atom. The van der Waals surface area contributed by atoms with Crippen LogP contribution in [0.2, 0.25) is 0 Å².